The smallest absolute Gasteiger partial charge is 0.338 e. The Morgan fingerprint density at radius 2 is 2.10 bits per heavy atom. The summed E-state index contributed by atoms with van der Waals surface area (Å²) in [5.41, 5.74) is 7.94. The molecule has 3 aromatic rings. The molecule has 2 aromatic heterocycles. The van der Waals surface area contributed by atoms with Gasteiger partial charge in [0.25, 0.3) is 0 Å². The highest BCUT2D eigenvalue weighted by Gasteiger charge is 2.24. The van der Waals surface area contributed by atoms with Crippen LogP contribution in [0.2, 0.25) is 0 Å². The van der Waals surface area contributed by atoms with E-state index in [1.54, 1.807) is 6.20 Å². The van der Waals surface area contributed by atoms with E-state index in [1.807, 2.05) is 24.4 Å². The molecule has 5 rings (SSSR count). The Kier molecular flexibility index (Phi) is 4.97. The molecule has 0 radical (unpaired) electrons. The topological polar surface area (TPSA) is 68.2 Å². The van der Waals surface area contributed by atoms with E-state index in [0.29, 0.717) is 18.0 Å². The number of carbonyl (C=O) groups is 1. The zero-order chi connectivity index (χ0) is 21.4. The third kappa shape index (κ3) is 3.69. The van der Waals surface area contributed by atoms with Crippen LogP contribution in [0.15, 0.2) is 36.7 Å². The van der Waals surface area contributed by atoms with E-state index in [-0.39, 0.29) is 5.97 Å². The lowest BCUT2D eigenvalue weighted by Gasteiger charge is -2.28. The van der Waals surface area contributed by atoms with Gasteiger partial charge in [-0.15, -0.1) is 6.42 Å². The van der Waals surface area contributed by atoms with Crippen molar-refractivity contribution in [3.63, 3.8) is 0 Å². The molecule has 1 aromatic carbocycles. The first-order chi connectivity index (χ1) is 15.1. The highest BCUT2D eigenvalue weighted by Crippen LogP contribution is 2.27. The highest BCUT2D eigenvalue weighted by atomic mass is 16.5. The minimum Gasteiger partial charge on any atom is -0.457 e. The lowest BCUT2D eigenvalue weighted by atomic mass is 9.96. The van der Waals surface area contributed by atoms with Crippen molar-refractivity contribution in [2.45, 2.75) is 32.9 Å². The van der Waals surface area contributed by atoms with Crippen molar-refractivity contribution in [1.29, 1.82) is 0 Å². The van der Waals surface area contributed by atoms with Crippen LogP contribution < -0.4 is 0 Å². The molecule has 0 unspecified atom stereocenters. The van der Waals surface area contributed by atoms with E-state index in [9.17, 15) is 4.79 Å². The maximum absolute atomic E-state index is 11.7. The summed E-state index contributed by atoms with van der Waals surface area (Å²) in [4.78, 5) is 27.8. The molecule has 0 aliphatic carbocycles. The zero-order valence-electron chi connectivity index (χ0n) is 17.4. The Labute approximate surface area is 181 Å². The van der Waals surface area contributed by atoms with Crippen molar-refractivity contribution in [3.8, 4) is 23.9 Å². The van der Waals surface area contributed by atoms with Crippen molar-refractivity contribution >= 4 is 5.97 Å². The number of hydrogen-bond donors (Lipinski definition) is 0. The van der Waals surface area contributed by atoms with E-state index in [1.165, 1.54) is 16.7 Å². The maximum atomic E-state index is 11.7. The fourth-order valence-corrected chi connectivity index (χ4v) is 4.25. The highest BCUT2D eigenvalue weighted by molar-refractivity contribution is 5.93. The molecule has 2 aliphatic heterocycles. The Hall–Kier alpha value is -3.56. The van der Waals surface area contributed by atoms with Gasteiger partial charge >= 0.3 is 5.97 Å². The first-order valence-electron chi connectivity index (χ1n) is 10.4. The summed E-state index contributed by atoms with van der Waals surface area (Å²) in [5, 5.41) is 0. The Bertz CT molecular complexity index is 1210. The number of fused-ring (bicyclic) bond motifs is 2. The van der Waals surface area contributed by atoms with Gasteiger partial charge in [-0.25, -0.2) is 14.8 Å². The number of carbonyl (C=O) groups excluding carboxylic acids is 1. The average molecular weight is 410 g/mol. The van der Waals surface area contributed by atoms with Crippen LogP contribution >= 0.6 is 0 Å². The number of terminal acetylenes is 1. The zero-order valence-corrected chi connectivity index (χ0v) is 17.4. The van der Waals surface area contributed by atoms with Crippen LogP contribution in [-0.2, 0) is 30.7 Å². The summed E-state index contributed by atoms with van der Waals surface area (Å²) >= 11 is 0. The normalized spacial score (nSPS) is 15.2. The quantitative estimate of drug-likeness (QED) is 0.486. The Balaban J connectivity index is 1.26. The van der Waals surface area contributed by atoms with Crippen molar-refractivity contribution in [2.75, 3.05) is 13.1 Å². The number of nitrogens with zero attached hydrogens (tertiary/aromatic N) is 4. The van der Waals surface area contributed by atoms with Gasteiger partial charge in [0.2, 0.25) is 0 Å². The number of benzene rings is 1. The molecule has 6 heteroatoms. The number of esters is 1. The number of cyclic esters (lactones) is 1. The monoisotopic (exact) mass is 410 g/mol. The summed E-state index contributed by atoms with van der Waals surface area (Å²) in [5.74, 6) is 3.00. The Morgan fingerprint density at radius 1 is 1.19 bits per heavy atom. The van der Waals surface area contributed by atoms with Gasteiger partial charge in [-0.3, -0.25) is 9.88 Å². The van der Waals surface area contributed by atoms with Crippen LogP contribution in [0.3, 0.4) is 0 Å². The van der Waals surface area contributed by atoms with Crippen LogP contribution in [-0.4, -0.2) is 38.9 Å². The fraction of sp³-hybridized carbons (Fsp3) is 0.280. The molecule has 31 heavy (non-hydrogen) atoms. The van der Waals surface area contributed by atoms with Crippen molar-refractivity contribution in [3.05, 3.63) is 75.7 Å². The lowest BCUT2D eigenvalue weighted by molar-refractivity contribution is 0.0535. The molecule has 0 atom stereocenters. The van der Waals surface area contributed by atoms with Gasteiger partial charge in [0.05, 0.1) is 11.3 Å². The number of pyridine rings is 1. The van der Waals surface area contributed by atoms with E-state index < -0.39 is 0 Å². The largest absolute Gasteiger partial charge is 0.457 e. The minimum atomic E-state index is -0.209. The van der Waals surface area contributed by atoms with E-state index in [0.717, 1.165) is 55.0 Å². The summed E-state index contributed by atoms with van der Waals surface area (Å²) in [6, 6.07) is 7.68. The second-order valence-corrected chi connectivity index (χ2v) is 7.97. The molecule has 4 heterocycles. The first-order valence-corrected chi connectivity index (χ1v) is 10.4. The van der Waals surface area contributed by atoms with Gasteiger partial charge in [0.1, 0.15) is 12.3 Å². The fourth-order valence-electron chi connectivity index (χ4n) is 4.25. The molecular formula is C25H22N4O2. The van der Waals surface area contributed by atoms with Gasteiger partial charge < -0.3 is 4.74 Å². The van der Waals surface area contributed by atoms with Crippen LogP contribution in [0.1, 0.15) is 43.9 Å². The number of aromatic nitrogens is 3. The summed E-state index contributed by atoms with van der Waals surface area (Å²) in [7, 11) is 0. The van der Waals surface area contributed by atoms with Crippen molar-refractivity contribution < 1.29 is 9.53 Å². The third-order valence-electron chi connectivity index (χ3n) is 6.15. The Morgan fingerprint density at radius 3 is 2.90 bits per heavy atom. The third-order valence-corrected chi connectivity index (χ3v) is 6.15. The second-order valence-electron chi connectivity index (χ2n) is 7.97. The van der Waals surface area contributed by atoms with Gasteiger partial charge in [-0.2, -0.15) is 0 Å². The van der Waals surface area contributed by atoms with Crippen molar-refractivity contribution in [1.82, 2.24) is 19.9 Å². The van der Waals surface area contributed by atoms with Crippen LogP contribution in [0.25, 0.3) is 11.5 Å². The predicted octanol–water partition coefficient (Wildman–Crippen LogP) is 3.10. The van der Waals surface area contributed by atoms with Crippen LogP contribution in [0, 0.1) is 19.3 Å². The van der Waals surface area contributed by atoms with Gasteiger partial charge in [0.15, 0.2) is 5.82 Å². The summed E-state index contributed by atoms with van der Waals surface area (Å²) in [6.45, 7) is 5.22. The van der Waals surface area contributed by atoms with Crippen molar-refractivity contribution in [2.24, 2.45) is 0 Å². The van der Waals surface area contributed by atoms with Gasteiger partial charge in [-0.1, -0.05) is 12.0 Å². The van der Waals surface area contributed by atoms with E-state index >= 15 is 0 Å². The average Bonchev–Trinajstić information content (AvgIpc) is 3.19. The number of hydrogen-bond acceptors (Lipinski definition) is 6. The molecular weight excluding hydrogens is 388 g/mol. The van der Waals surface area contributed by atoms with E-state index in [2.05, 4.69) is 33.8 Å². The minimum absolute atomic E-state index is 0.209. The maximum Gasteiger partial charge on any atom is 0.338 e. The molecule has 0 saturated heterocycles. The number of ether oxygens (including phenoxy) is 1. The molecule has 6 nitrogen and oxygen atoms in total. The predicted molar refractivity (Wildman–Crippen MR) is 116 cm³/mol. The van der Waals surface area contributed by atoms with Crippen LogP contribution in [0.5, 0.6) is 0 Å². The molecule has 0 spiro atoms. The van der Waals surface area contributed by atoms with E-state index in [4.69, 9.17) is 16.1 Å². The lowest BCUT2D eigenvalue weighted by Crippen LogP contribution is -2.33. The molecule has 0 bridgehead atoms. The van der Waals surface area contributed by atoms with Crippen LogP contribution in [0.4, 0.5) is 0 Å². The SMILES string of the molecule is C#Cc1ccc(-c2ncc3c(n2)CCN(CCc2ccc4c(c2C)COC4=O)C3)nc1. The number of rotatable bonds is 4. The molecule has 154 valence electrons. The molecule has 2 aliphatic rings. The molecule has 0 saturated carbocycles. The summed E-state index contributed by atoms with van der Waals surface area (Å²) in [6.07, 6.45) is 10.8. The van der Waals surface area contributed by atoms with Gasteiger partial charge in [0, 0.05) is 55.1 Å². The second kappa shape index (κ2) is 7.93. The standard InChI is InChI=1S/C25H22N4O2/c1-3-17-4-7-23(26-12-17)24-27-13-19-14-29(11-9-22(19)28-24)10-8-18-5-6-20-21(16(18)2)15-31-25(20)30/h1,4-7,12-13H,8-11,14-15H2,2H3. The first kappa shape index (κ1) is 19.4. The summed E-state index contributed by atoms with van der Waals surface area (Å²) < 4.78 is 5.17. The molecule has 0 amide bonds. The van der Waals surface area contributed by atoms with Gasteiger partial charge in [-0.05, 0) is 42.7 Å². The molecule has 0 fully saturated rings. The molecule has 0 N–H and O–H groups in total.